The molecule has 0 saturated heterocycles. The van der Waals surface area contributed by atoms with Crippen molar-refractivity contribution in [1.82, 2.24) is 9.78 Å². The van der Waals surface area contributed by atoms with E-state index in [4.69, 9.17) is 0 Å². The lowest BCUT2D eigenvalue weighted by Crippen LogP contribution is -2.41. The van der Waals surface area contributed by atoms with Gasteiger partial charge in [-0.15, -0.1) is 0 Å². The van der Waals surface area contributed by atoms with Crippen LogP contribution in [0.3, 0.4) is 0 Å². The van der Waals surface area contributed by atoms with Crippen molar-refractivity contribution in [3.63, 3.8) is 0 Å². The quantitative estimate of drug-likeness (QED) is 0.947. The molecule has 0 aliphatic heterocycles. The zero-order valence-corrected chi connectivity index (χ0v) is 13.2. The second kappa shape index (κ2) is 6.24. The fourth-order valence-corrected chi connectivity index (χ4v) is 3.11. The summed E-state index contributed by atoms with van der Waals surface area (Å²) in [6, 6.07) is 9.23. The van der Waals surface area contributed by atoms with Crippen molar-refractivity contribution in [2.75, 3.05) is 0 Å². The van der Waals surface area contributed by atoms with E-state index < -0.39 is 5.60 Å². The van der Waals surface area contributed by atoms with Gasteiger partial charge in [0.1, 0.15) is 5.82 Å². The van der Waals surface area contributed by atoms with E-state index in [0.29, 0.717) is 30.0 Å². The van der Waals surface area contributed by atoms with E-state index in [9.17, 15) is 14.3 Å². The summed E-state index contributed by atoms with van der Waals surface area (Å²) in [5, 5.41) is 15.0. The highest BCUT2D eigenvalue weighted by atomic mass is 19.1. The summed E-state index contributed by atoms with van der Waals surface area (Å²) in [7, 11) is 0. The Kier molecular flexibility index (Phi) is 4.31. The fourth-order valence-electron chi connectivity index (χ4n) is 3.11. The predicted molar refractivity (Wildman–Crippen MR) is 86.5 cm³/mol. The fraction of sp³-hybridized carbons (Fsp3) is 0.444. The number of rotatable bonds is 3. The molecule has 0 amide bonds. The zero-order valence-electron chi connectivity index (χ0n) is 13.2. The lowest BCUT2D eigenvalue weighted by atomic mass is 9.79. The first-order valence-electron chi connectivity index (χ1n) is 8.02. The third-order valence-electron chi connectivity index (χ3n) is 4.67. The molecule has 4 nitrogen and oxygen atoms in total. The predicted octanol–water partition coefficient (Wildman–Crippen LogP) is 2.99. The maximum absolute atomic E-state index is 13.9. The highest BCUT2D eigenvalue weighted by molar-refractivity contribution is 5.58. The van der Waals surface area contributed by atoms with Crippen molar-refractivity contribution >= 4 is 0 Å². The van der Waals surface area contributed by atoms with Crippen LogP contribution in [-0.4, -0.2) is 20.5 Å². The van der Waals surface area contributed by atoms with Crippen molar-refractivity contribution < 1.29 is 9.50 Å². The lowest BCUT2D eigenvalue weighted by Gasteiger charge is -2.34. The van der Waals surface area contributed by atoms with Gasteiger partial charge in [-0.1, -0.05) is 19.1 Å². The van der Waals surface area contributed by atoms with Gasteiger partial charge in [-0.25, -0.2) is 9.07 Å². The Hall–Kier alpha value is -2.01. The number of hydrogen-bond acceptors (Lipinski definition) is 3. The molecule has 1 aromatic heterocycles. The molecule has 1 fully saturated rings. The van der Waals surface area contributed by atoms with E-state index in [0.717, 1.165) is 12.8 Å². The molecule has 1 aromatic carbocycles. The third-order valence-corrected chi connectivity index (χ3v) is 4.67. The zero-order chi connectivity index (χ0) is 16.4. The number of halogens is 1. The number of hydrogen-bond donors (Lipinski definition) is 1. The molecule has 3 rings (SSSR count). The summed E-state index contributed by atoms with van der Waals surface area (Å²) >= 11 is 0. The van der Waals surface area contributed by atoms with Gasteiger partial charge < -0.3 is 5.11 Å². The van der Waals surface area contributed by atoms with E-state index in [1.165, 1.54) is 22.9 Å². The monoisotopic (exact) mass is 316 g/mol. The Bertz CT molecular complexity index is 749. The van der Waals surface area contributed by atoms with Crippen LogP contribution < -0.4 is 5.56 Å². The minimum atomic E-state index is -0.906. The van der Waals surface area contributed by atoms with Crippen molar-refractivity contribution in [1.29, 1.82) is 0 Å². The van der Waals surface area contributed by atoms with Crippen LogP contribution in [0.4, 0.5) is 4.39 Å². The first kappa shape index (κ1) is 15.9. The first-order chi connectivity index (χ1) is 11.0. The topological polar surface area (TPSA) is 55.1 Å². The van der Waals surface area contributed by atoms with E-state index in [2.05, 4.69) is 12.0 Å². The smallest absolute Gasteiger partial charge is 0.266 e. The summed E-state index contributed by atoms with van der Waals surface area (Å²) in [5.41, 5.74) is -0.435. The van der Waals surface area contributed by atoms with Crippen LogP contribution >= 0.6 is 0 Å². The number of nitrogens with zero attached hydrogens (tertiary/aromatic N) is 2. The van der Waals surface area contributed by atoms with Gasteiger partial charge in [0.05, 0.1) is 17.8 Å². The third kappa shape index (κ3) is 3.50. The van der Waals surface area contributed by atoms with Crippen LogP contribution in [0.2, 0.25) is 0 Å². The molecule has 122 valence electrons. The van der Waals surface area contributed by atoms with Crippen molar-refractivity contribution in [3.05, 3.63) is 52.6 Å². The maximum Gasteiger partial charge on any atom is 0.266 e. The lowest BCUT2D eigenvalue weighted by molar-refractivity contribution is -0.0253. The summed E-state index contributed by atoms with van der Waals surface area (Å²) in [4.78, 5) is 12.1. The molecule has 0 bridgehead atoms. The van der Waals surface area contributed by atoms with Crippen LogP contribution in [0, 0.1) is 11.7 Å². The highest BCUT2D eigenvalue weighted by Crippen LogP contribution is 2.32. The van der Waals surface area contributed by atoms with E-state index in [1.807, 2.05) is 0 Å². The van der Waals surface area contributed by atoms with Crippen molar-refractivity contribution in [2.45, 2.75) is 44.8 Å². The van der Waals surface area contributed by atoms with E-state index in [-0.39, 0.29) is 17.9 Å². The van der Waals surface area contributed by atoms with Gasteiger partial charge in [0.25, 0.3) is 5.56 Å². The summed E-state index contributed by atoms with van der Waals surface area (Å²) < 4.78 is 15.2. The Morgan fingerprint density at radius 3 is 2.65 bits per heavy atom. The summed E-state index contributed by atoms with van der Waals surface area (Å²) in [6.45, 7) is 2.32. The Morgan fingerprint density at radius 2 is 1.96 bits per heavy atom. The van der Waals surface area contributed by atoms with Crippen molar-refractivity contribution in [3.8, 4) is 11.3 Å². The number of benzene rings is 1. The van der Waals surface area contributed by atoms with Crippen LogP contribution in [0.5, 0.6) is 0 Å². The molecule has 1 aliphatic rings. The molecule has 0 atom stereocenters. The molecule has 1 saturated carbocycles. The molecular formula is C18H21FN2O2. The highest BCUT2D eigenvalue weighted by Gasteiger charge is 2.32. The molecular weight excluding hydrogens is 295 g/mol. The Labute approximate surface area is 134 Å². The minimum absolute atomic E-state index is 0.154. The number of aromatic nitrogens is 2. The van der Waals surface area contributed by atoms with Crippen LogP contribution in [0.25, 0.3) is 11.3 Å². The van der Waals surface area contributed by atoms with Gasteiger partial charge >= 0.3 is 0 Å². The van der Waals surface area contributed by atoms with Gasteiger partial charge in [0.15, 0.2) is 0 Å². The van der Waals surface area contributed by atoms with Crippen LogP contribution in [0.15, 0.2) is 41.2 Å². The Morgan fingerprint density at radius 1 is 1.26 bits per heavy atom. The van der Waals surface area contributed by atoms with Crippen molar-refractivity contribution in [2.24, 2.45) is 5.92 Å². The molecule has 1 N–H and O–H groups in total. The van der Waals surface area contributed by atoms with Gasteiger partial charge in [-0.05, 0) is 49.8 Å². The summed E-state index contributed by atoms with van der Waals surface area (Å²) in [5.74, 6) is 0.222. The second-order valence-electron chi connectivity index (χ2n) is 6.60. The largest absolute Gasteiger partial charge is 0.388 e. The molecule has 0 radical (unpaired) electrons. The van der Waals surface area contributed by atoms with Gasteiger partial charge in [-0.3, -0.25) is 4.79 Å². The maximum atomic E-state index is 13.9. The van der Waals surface area contributed by atoms with Crippen LogP contribution in [0.1, 0.15) is 32.6 Å². The standard InChI is InChI=1S/C18H21FN2O2/c1-13-8-10-18(23,11-9-13)12-21-17(22)7-6-16(20-21)14-4-2-3-5-15(14)19/h2-7,13,23H,8-12H2,1H3. The number of aliphatic hydroxyl groups is 1. The average molecular weight is 316 g/mol. The summed E-state index contributed by atoms with van der Waals surface area (Å²) in [6.07, 6.45) is 3.20. The van der Waals surface area contributed by atoms with Gasteiger partial charge in [-0.2, -0.15) is 5.10 Å². The average Bonchev–Trinajstić information content (AvgIpc) is 2.53. The van der Waals surface area contributed by atoms with Crippen LogP contribution in [-0.2, 0) is 6.54 Å². The molecule has 5 heteroatoms. The van der Waals surface area contributed by atoms with Gasteiger partial charge in [0.2, 0.25) is 0 Å². The molecule has 1 heterocycles. The Balaban J connectivity index is 1.90. The minimum Gasteiger partial charge on any atom is -0.388 e. The van der Waals surface area contributed by atoms with E-state index in [1.54, 1.807) is 18.2 Å². The normalized spacial score (nSPS) is 24.6. The first-order valence-corrected chi connectivity index (χ1v) is 8.02. The van der Waals surface area contributed by atoms with E-state index >= 15 is 0 Å². The molecule has 0 unspecified atom stereocenters. The SMILES string of the molecule is CC1CCC(O)(Cn2nc(-c3ccccc3F)ccc2=O)CC1. The molecule has 0 spiro atoms. The molecule has 23 heavy (non-hydrogen) atoms. The molecule has 1 aliphatic carbocycles. The molecule has 2 aromatic rings. The van der Waals surface area contributed by atoms with Gasteiger partial charge in [0, 0.05) is 11.6 Å². The second-order valence-corrected chi connectivity index (χ2v) is 6.60.